The number of ether oxygens (including phenoxy) is 1. The van der Waals surface area contributed by atoms with Gasteiger partial charge in [-0.15, -0.1) is 5.53 Å². The minimum absolute atomic E-state index is 0.0119. The van der Waals surface area contributed by atoms with Crippen LogP contribution in [-0.2, 0) is 4.79 Å². The number of methoxy groups -OCH3 is 1. The van der Waals surface area contributed by atoms with E-state index >= 15 is 4.39 Å². The average Bonchev–Trinajstić information content (AvgIpc) is 3.82. The molecule has 2 amide bonds. The summed E-state index contributed by atoms with van der Waals surface area (Å²) in [6.07, 6.45) is 8.90. The highest BCUT2D eigenvalue weighted by atomic mass is 19.1. The number of likely N-dealkylation sites (tertiary alicyclic amines) is 1. The molecule has 0 bridgehead atoms. The van der Waals surface area contributed by atoms with Crippen LogP contribution in [0.1, 0.15) is 41.7 Å². The number of piperidine rings is 1. The monoisotopic (exact) mass is 656 g/mol. The number of carbonyl (C=O) groups is 2. The number of halogens is 1. The lowest BCUT2D eigenvalue weighted by atomic mass is 9.93. The van der Waals surface area contributed by atoms with Crippen LogP contribution >= 0.6 is 0 Å². The van der Waals surface area contributed by atoms with E-state index < -0.39 is 5.82 Å². The molecule has 254 valence electrons. The van der Waals surface area contributed by atoms with Gasteiger partial charge in [-0.05, 0) is 68.7 Å². The van der Waals surface area contributed by atoms with Crippen molar-refractivity contribution in [1.82, 2.24) is 40.6 Å². The van der Waals surface area contributed by atoms with E-state index in [1.165, 1.54) is 0 Å². The Kier molecular flexibility index (Phi) is 9.38. The first-order valence-corrected chi connectivity index (χ1v) is 17.0. The molecular weight excluding hydrogens is 611 g/mol. The van der Waals surface area contributed by atoms with E-state index in [0.717, 1.165) is 55.7 Å². The number of carbonyl (C=O) groups excluding carboxylic acids is 2. The molecule has 12 heteroatoms. The van der Waals surface area contributed by atoms with E-state index in [1.54, 1.807) is 24.3 Å². The fourth-order valence-corrected chi connectivity index (χ4v) is 7.46. The SMILES string of the molecule is COc1ccccc1-c1cc(C2=CCCN(C(=O)CCN3C=CNN3)C2)c(F)c2[nH]c(C(=O)N3CCN(C4CCN(C)CC4)CC3)cc12. The third kappa shape index (κ3) is 6.52. The van der Waals surface area contributed by atoms with Gasteiger partial charge in [0, 0.05) is 87.2 Å². The lowest BCUT2D eigenvalue weighted by Crippen LogP contribution is -2.54. The van der Waals surface area contributed by atoms with Crippen molar-refractivity contribution in [3.05, 3.63) is 71.9 Å². The molecule has 3 N–H and O–H groups in total. The van der Waals surface area contributed by atoms with Crippen molar-refractivity contribution in [2.45, 2.75) is 31.7 Å². The summed E-state index contributed by atoms with van der Waals surface area (Å²) in [4.78, 5) is 38.9. The molecule has 48 heavy (non-hydrogen) atoms. The van der Waals surface area contributed by atoms with Crippen molar-refractivity contribution < 1.29 is 18.7 Å². The molecule has 0 aliphatic carbocycles. The molecule has 0 radical (unpaired) electrons. The van der Waals surface area contributed by atoms with E-state index in [1.807, 2.05) is 52.5 Å². The number of rotatable bonds is 8. The molecule has 2 fully saturated rings. The van der Waals surface area contributed by atoms with Crippen LogP contribution in [0.2, 0.25) is 0 Å². The lowest BCUT2D eigenvalue weighted by molar-refractivity contribution is -0.131. The predicted octanol–water partition coefficient (Wildman–Crippen LogP) is 3.64. The molecule has 0 spiro atoms. The molecule has 11 nitrogen and oxygen atoms in total. The second-order valence-electron chi connectivity index (χ2n) is 13.2. The normalized spacial score (nSPS) is 19.6. The molecule has 0 saturated carbocycles. The fraction of sp³-hybridized carbons (Fsp3) is 0.444. The highest BCUT2D eigenvalue weighted by molar-refractivity contribution is 6.05. The molecule has 0 unspecified atom stereocenters. The van der Waals surface area contributed by atoms with Crippen LogP contribution in [0.3, 0.4) is 0 Å². The number of fused-ring (bicyclic) bond motifs is 1. The molecule has 0 atom stereocenters. The Balaban J connectivity index is 1.16. The van der Waals surface area contributed by atoms with Crippen molar-refractivity contribution in [2.24, 2.45) is 0 Å². The maximum atomic E-state index is 16.6. The van der Waals surface area contributed by atoms with Crippen LogP contribution in [0.25, 0.3) is 27.6 Å². The van der Waals surface area contributed by atoms with Crippen LogP contribution < -0.4 is 15.7 Å². The van der Waals surface area contributed by atoms with E-state index in [4.69, 9.17) is 4.74 Å². The Morgan fingerprint density at radius 1 is 0.958 bits per heavy atom. The van der Waals surface area contributed by atoms with Crippen molar-refractivity contribution in [3.8, 4) is 16.9 Å². The summed E-state index contributed by atoms with van der Waals surface area (Å²) in [7, 11) is 3.79. The Hall–Kier alpha value is -4.39. The second-order valence-corrected chi connectivity index (χ2v) is 13.2. The highest BCUT2D eigenvalue weighted by Gasteiger charge is 2.30. The van der Waals surface area contributed by atoms with E-state index in [-0.39, 0.29) is 17.3 Å². The molecule has 4 aliphatic heterocycles. The number of hydrazine groups is 2. The molecule has 5 heterocycles. The van der Waals surface area contributed by atoms with Gasteiger partial charge in [0.1, 0.15) is 11.4 Å². The fourth-order valence-electron chi connectivity index (χ4n) is 7.46. The summed E-state index contributed by atoms with van der Waals surface area (Å²) < 4.78 is 22.4. The molecule has 7 rings (SSSR count). The van der Waals surface area contributed by atoms with Gasteiger partial charge in [-0.1, -0.05) is 24.3 Å². The number of aromatic amines is 1. The van der Waals surface area contributed by atoms with Gasteiger partial charge < -0.3 is 29.8 Å². The number of nitrogens with one attached hydrogen (secondary N) is 3. The first-order valence-electron chi connectivity index (χ1n) is 17.0. The molecule has 4 aliphatic rings. The number of piperazine rings is 1. The van der Waals surface area contributed by atoms with Crippen molar-refractivity contribution in [1.29, 1.82) is 0 Å². The van der Waals surface area contributed by atoms with Crippen LogP contribution in [-0.4, -0.2) is 121 Å². The summed E-state index contributed by atoms with van der Waals surface area (Å²) in [6, 6.07) is 11.9. The predicted molar refractivity (Wildman–Crippen MR) is 184 cm³/mol. The number of benzene rings is 2. The summed E-state index contributed by atoms with van der Waals surface area (Å²) >= 11 is 0. The van der Waals surface area contributed by atoms with Gasteiger partial charge in [-0.3, -0.25) is 19.5 Å². The van der Waals surface area contributed by atoms with Crippen molar-refractivity contribution in [3.63, 3.8) is 0 Å². The van der Waals surface area contributed by atoms with Crippen molar-refractivity contribution >= 4 is 28.3 Å². The van der Waals surface area contributed by atoms with Gasteiger partial charge in [-0.25, -0.2) is 4.39 Å². The van der Waals surface area contributed by atoms with E-state index in [2.05, 4.69) is 32.8 Å². The second kappa shape index (κ2) is 14.0. The van der Waals surface area contributed by atoms with Crippen LogP contribution in [0.15, 0.2) is 54.9 Å². The Morgan fingerprint density at radius 3 is 2.50 bits per heavy atom. The zero-order chi connectivity index (χ0) is 33.2. The van der Waals surface area contributed by atoms with E-state index in [9.17, 15) is 9.59 Å². The summed E-state index contributed by atoms with van der Waals surface area (Å²) in [5.74, 6) is 0.127. The van der Waals surface area contributed by atoms with Crippen LogP contribution in [0, 0.1) is 5.82 Å². The molecule has 1 aromatic heterocycles. The van der Waals surface area contributed by atoms with Gasteiger partial charge in [0.25, 0.3) is 5.91 Å². The summed E-state index contributed by atoms with van der Waals surface area (Å²) in [5.41, 5.74) is 9.22. The summed E-state index contributed by atoms with van der Waals surface area (Å²) in [5, 5.41) is 2.43. The number of para-hydroxylation sites is 1. The van der Waals surface area contributed by atoms with Gasteiger partial charge >= 0.3 is 0 Å². The molecule has 2 aromatic carbocycles. The maximum Gasteiger partial charge on any atom is 0.270 e. The number of aromatic nitrogens is 1. The number of amides is 2. The van der Waals surface area contributed by atoms with Gasteiger partial charge in [0.05, 0.1) is 12.6 Å². The first-order chi connectivity index (χ1) is 23.4. The topological polar surface area (TPSA) is 99.4 Å². The number of H-pyrrole nitrogens is 1. The Labute approximate surface area is 280 Å². The van der Waals surface area contributed by atoms with Gasteiger partial charge in [0.2, 0.25) is 5.91 Å². The first kappa shape index (κ1) is 32.2. The smallest absolute Gasteiger partial charge is 0.270 e. The highest BCUT2D eigenvalue weighted by Crippen LogP contribution is 2.40. The van der Waals surface area contributed by atoms with Crippen LogP contribution in [0.5, 0.6) is 5.75 Å². The number of hydrogen-bond acceptors (Lipinski definition) is 8. The minimum Gasteiger partial charge on any atom is -0.496 e. The standard InChI is InChI=1S/C36H45FN8O3/c1-41-14-9-26(10-15-41)42-18-20-43(21-19-42)36(47)31-23-30-29(27-7-3-4-8-32(27)48-2)22-28(34(37)35(30)39-31)25-6-5-13-44(24-25)33(46)11-16-45-17-12-38-40-45/h3-4,6-8,12,17,22-23,26,38-40H,5,9-11,13-16,18-21,24H2,1-2H3. The van der Waals surface area contributed by atoms with E-state index in [0.29, 0.717) is 74.0 Å². The Morgan fingerprint density at radius 2 is 1.75 bits per heavy atom. The molecule has 3 aromatic rings. The Bertz CT molecular complexity index is 1720. The maximum absolute atomic E-state index is 16.6. The van der Waals surface area contributed by atoms with Crippen molar-refractivity contribution in [2.75, 3.05) is 73.1 Å². The average molecular weight is 657 g/mol. The minimum atomic E-state index is -0.423. The quantitative estimate of drug-likeness (QED) is 0.338. The summed E-state index contributed by atoms with van der Waals surface area (Å²) in [6.45, 7) is 6.60. The molecular formula is C36H45FN8O3. The zero-order valence-corrected chi connectivity index (χ0v) is 27.8. The zero-order valence-electron chi connectivity index (χ0n) is 27.8. The largest absolute Gasteiger partial charge is 0.496 e. The third-order valence-corrected chi connectivity index (χ3v) is 10.2. The third-order valence-electron chi connectivity index (χ3n) is 10.2. The number of hydrogen-bond donors (Lipinski definition) is 3. The van der Waals surface area contributed by atoms with Crippen LogP contribution in [0.4, 0.5) is 4.39 Å². The van der Waals surface area contributed by atoms with Gasteiger partial charge in [-0.2, -0.15) is 0 Å². The lowest BCUT2D eigenvalue weighted by Gasteiger charge is -2.42. The molecule has 2 saturated heterocycles. The number of nitrogens with zero attached hydrogens (tertiary/aromatic N) is 5. The van der Waals surface area contributed by atoms with Gasteiger partial charge in [0.15, 0.2) is 5.82 Å².